The molecule has 2 amide bonds. The zero-order valence-corrected chi connectivity index (χ0v) is 18.3. The highest BCUT2D eigenvalue weighted by Gasteiger charge is 2.23. The van der Waals surface area contributed by atoms with E-state index in [-0.39, 0.29) is 29.8 Å². The van der Waals surface area contributed by atoms with Gasteiger partial charge in [-0.3, -0.25) is 9.59 Å². The molecule has 0 aliphatic heterocycles. The Balaban J connectivity index is 2.04. The van der Waals surface area contributed by atoms with Crippen LogP contribution in [-0.4, -0.2) is 24.5 Å². The van der Waals surface area contributed by atoms with Crippen LogP contribution in [0.15, 0.2) is 48.5 Å². The monoisotopic (exact) mass is 396 g/mol. The van der Waals surface area contributed by atoms with E-state index in [0.29, 0.717) is 12.2 Å². The number of para-hydroxylation sites is 1. The molecule has 0 spiro atoms. The molecule has 0 aliphatic rings. The first-order valence-electron chi connectivity index (χ1n) is 10.0. The number of nitrogens with one attached hydrogen (secondary N) is 1. The summed E-state index contributed by atoms with van der Waals surface area (Å²) in [5.74, 6) is 0.547. The highest BCUT2D eigenvalue weighted by Crippen LogP contribution is 2.32. The summed E-state index contributed by atoms with van der Waals surface area (Å²) in [6.07, 6.45) is 0.312. The lowest BCUT2D eigenvalue weighted by Gasteiger charge is -2.29. The van der Waals surface area contributed by atoms with Gasteiger partial charge >= 0.3 is 0 Å². The average molecular weight is 397 g/mol. The maximum absolute atomic E-state index is 12.4. The van der Waals surface area contributed by atoms with E-state index in [1.807, 2.05) is 62.4 Å². The number of anilines is 2. The van der Waals surface area contributed by atoms with E-state index in [4.69, 9.17) is 4.74 Å². The second-order valence-corrected chi connectivity index (χ2v) is 8.43. The Labute approximate surface area is 174 Å². The average Bonchev–Trinajstić information content (AvgIpc) is 2.62. The Morgan fingerprint density at radius 2 is 1.66 bits per heavy atom. The van der Waals surface area contributed by atoms with Gasteiger partial charge in [0.1, 0.15) is 5.75 Å². The molecule has 0 bridgehead atoms. The van der Waals surface area contributed by atoms with Crippen molar-refractivity contribution >= 4 is 23.2 Å². The number of carbonyl (C=O) groups excluding carboxylic acids is 2. The minimum Gasteiger partial charge on any atom is -0.491 e. The summed E-state index contributed by atoms with van der Waals surface area (Å²) in [6, 6.07) is 15.2. The molecule has 0 radical (unpaired) electrons. The molecule has 0 saturated heterocycles. The van der Waals surface area contributed by atoms with E-state index in [9.17, 15) is 9.59 Å². The van der Waals surface area contributed by atoms with Gasteiger partial charge in [0.15, 0.2) is 0 Å². The van der Waals surface area contributed by atoms with Crippen LogP contribution in [0.2, 0.25) is 0 Å². The van der Waals surface area contributed by atoms with Gasteiger partial charge in [0.2, 0.25) is 11.8 Å². The minimum atomic E-state index is -0.137. The van der Waals surface area contributed by atoms with Gasteiger partial charge in [0.25, 0.3) is 0 Å². The van der Waals surface area contributed by atoms with Crippen LogP contribution in [0.5, 0.6) is 5.75 Å². The van der Waals surface area contributed by atoms with Gasteiger partial charge in [-0.25, -0.2) is 0 Å². The van der Waals surface area contributed by atoms with Gasteiger partial charge < -0.3 is 15.0 Å². The SMILES string of the molecule is CC(=O)N(CCC(=O)Nc1ccc(OC(C)C)cc1)c1ccccc1C(C)(C)C. The molecule has 2 rings (SSSR count). The van der Waals surface area contributed by atoms with Gasteiger partial charge in [-0.1, -0.05) is 39.0 Å². The van der Waals surface area contributed by atoms with Gasteiger partial charge in [0, 0.05) is 31.3 Å². The van der Waals surface area contributed by atoms with Gasteiger partial charge in [-0.2, -0.15) is 0 Å². The number of nitrogens with zero attached hydrogens (tertiary/aromatic N) is 1. The van der Waals surface area contributed by atoms with Crippen molar-refractivity contribution in [1.29, 1.82) is 0 Å². The minimum absolute atomic E-state index is 0.0790. The number of ether oxygens (including phenoxy) is 1. The molecule has 5 heteroatoms. The molecular formula is C24H32N2O3. The summed E-state index contributed by atoms with van der Waals surface area (Å²) in [5.41, 5.74) is 2.54. The standard InChI is InChI=1S/C24H32N2O3/c1-17(2)29-20-13-11-19(12-14-20)25-23(28)15-16-26(18(3)27)22-10-8-7-9-21(22)24(4,5)6/h7-14,17H,15-16H2,1-6H3,(H,25,28). The van der Waals surface area contributed by atoms with E-state index in [0.717, 1.165) is 17.0 Å². The summed E-state index contributed by atoms with van der Waals surface area (Å²) < 4.78 is 5.61. The lowest BCUT2D eigenvalue weighted by molar-refractivity contribution is -0.117. The zero-order valence-electron chi connectivity index (χ0n) is 18.3. The second-order valence-electron chi connectivity index (χ2n) is 8.43. The van der Waals surface area contributed by atoms with Crippen LogP contribution >= 0.6 is 0 Å². The van der Waals surface area contributed by atoms with Gasteiger partial charge in [-0.15, -0.1) is 0 Å². The van der Waals surface area contributed by atoms with Crippen LogP contribution in [0.25, 0.3) is 0 Å². The normalized spacial score (nSPS) is 11.3. The highest BCUT2D eigenvalue weighted by molar-refractivity contribution is 5.95. The molecule has 0 fully saturated rings. The van der Waals surface area contributed by atoms with Crippen molar-refractivity contribution in [2.24, 2.45) is 0 Å². The zero-order chi connectivity index (χ0) is 21.6. The summed E-state index contributed by atoms with van der Waals surface area (Å²) in [5, 5.41) is 2.88. The first kappa shape index (κ1) is 22.5. The summed E-state index contributed by atoms with van der Waals surface area (Å²) in [4.78, 5) is 26.4. The molecular weight excluding hydrogens is 364 g/mol. The van der Waals surface area contributed by atoms with Crippen molar-refractivity contribution in [3.63, 3.8) is 0 Å². The lowest BCUT2D eigenvalue weighted by Crippen LogP contribution is -2.34. The number of hydrogen-bond donors (Lipinski definition) is 1. The van der Waals surface area contributed by atoms with Crippen LogP contribution in [0.1, 0.15) is 53.5 Å². The molecule has 0 aromatic heterocycles. The van der Waals surface area contributed by atoms with E-state index < -0.39 is 0 Å². The lowest BCUT2D eigenvalue weighted by atomic mass is 9.85. The fourth-order valence-corrected chi connectivity index (χ4v) is 3.12. The van der Waals surface area contributed by atoms with Gasteiger partial charge in [0.05, 0.1) is 6.10 Å². The number of amides is 2. The second kappa shape index (κ2) is 9.59. The number of benzene rings is 2. The largest absolute Gasteiger partial charge is 0.491 e. The summed E-state index contributed by atoms with van der Waals surface area (Å²) >= 11 is 0. The third-order valence-electron chi connectivity index (χ3n) is 4.46. The van der Waals surface area contributed by atoms with Gasteiger partial charge in [-0.05, 0) is 55.2 Å². The van der Waals surface area contributed by atoms with Crippen LogP contribution in [0, 0.1) is 0 Å². The quantitative estimate of drug-likeness (QED) is 0.704. The molecule has 156 valence electrons. The highest BCUT2D eigenvalue weighted by atomic mass is 16.5. The van der Waals surface area contributed by atoms with E-state index in [1.54, 1.807) is 4.90 Å². The molecule has 29 heavy (non-hydrogen) atoms. The van der Waals surface area contributed by atoms with Crippen LogP contribution in [0.3, 0.4) is 0 Å². The van der Waals surface area contributed by atoms with Crippen molar-refractivity contribution in [2.75, 3.05) is 16.8 Å². The van der Waals surface area contributed by atoms with Crippen molar-refractivity contribution < 1.29 is 14.3 Å². The van der Waals surface area contributed by atoms with Crippen molar-refractivity contribution in [3.05, 3.63) is 54.1 Å². The van der Waals surface area contributed by atoms with Crippen molar-refractivity contribution in [1.82, 2.24) is 0 Å². The maximum atomic E-state index is 12.4. The molecule has 0 saturated carbocycles. The first-order valence-corrected chi connectivity index (χ1v) is 10.0. The Morgan fingerprint density at radius 1 is 1.03 bits per heavy atom. The number of rotatable bonds is 7. The molecule has 0 heterocycles. The molecule has 2 aromatic carbocycles. The van der Waals surface area contributed by atoms with Crippen LogP contribution < -0.4 is 15.0 Å². The van der Waals surface area contributed by atoms with E-state index in [1.165, 1.54) is 6.92 Å². The number of hydrogen-bond acceptors (Lipinski definition) is 3. The molecule has 0 atom stereocenters. The summed E-state index contributed by atoms with van der Waals surface area (Å²) in [7, 11) is 0. The Morgan fingerprint density at radius 3 is 2.21 bits per heavy atom. The Bertz CT molecular complexity index is 836. The maximum Gasteiger partial charge on any atom is 0.226 e. The summed E-state index contributed by atoms with van der Waals surface area (Å²) in [6.45, 7) is 12.1. The molecule has 2 aromatic rings. The number of carbonyl (C=O) groups is 2. The van der Waals surface area contributed by atoms with Crippen LogP contribution in [0.4, 0.5) is 11.4 Å². The van der Waals surface area contributed by atoms with E-state index >= 15 is 0 Å². The smallest absolute Gasteiger partial charge is 0.226 e. The Hall–Kier alpha value is -2.82. The predicted molar refractivity (Wildman–Crippen MR) is 119 cm³/mol. The fourth-order valence-electron chi connectivity index (χ4n) is 3.12. The first-order chi connectivity index (χ1) is 13.6. The third-order valence-corrected chi connectivity index (χ3v) is 4.46. The molecule has 0 unspecified atom stereocenters. The Kier molecular flexibility index (Phi) is 7.43. The molecule has 0 aliphatic carbocycles. The third kappa shape index (κ3) is 6.63. The molecule has 5 nitrogen and oxygen atoms in total. The van der Waals surface area contributed by atoms with E-state index in [2.05, 4.69) is 26.1 Å². The fraction of sp³-hybridized carbons (Fsp3) is 0.417. The van der Waals surface area contributed by atoms with Crippen molar-refractivity contribution in [3.8, 4) is 5.75 Å². The van der Waals surface area contributed by atoms with Crippen LogP contribution in [-0.2, 0) is 15.0 Å². The topological polar surface area (TPSA) is 58.6 Å². The predicted octanol–water partition coefficient (Wildman–Crippen LogP) is 5.15. The van der Waals surface area contributed by atoms with Crippen molar-refractivity contribution in [2.45, 2.75) is 59.5 Å². The molecule has 1 N–H and O–H groups in total.